The molecule has 45 heavy (non-hydrogen) atoms. The second-order valence-corrected chi connectivity index (χ2v) is 12.0. The van der Waals surface area contributed by atoms with Gasteiger partial charge in [0.15, 0.2) is 6.61 Å². The Balaban J connectivity index is 1.34. The number of carbonyl (C=O) groups is 4. The van der Waals surface area contributed by atoms with E-state index >= 15 is 0 Å². The second-order valence-electron chi connectivity index (χ2n) is 9.83. The van der Waals surface area contributed by atoms with Crippen LogP contribution in [0, 0.1) is 6.92 Å². The van der Waals surface area contributed by atoms with E-state index in [1.807, 2.05) is 37.3 Å². The summed E-state index contributed by atoms with van der Waals surface area (Å²) < 4.78 is 12.7. The lowest BCUT2D eigenvalue weighted by Gasteiger charge is -2.26. The van der Waals surface area contributed by atoms with Crippen LogP contribution >= 0.6 is 43.5 Å². The van der Waals surface area contributed by atoms with Crippen molar-refractivity contribution in [2.75, 3.05) is 16.8 Å². The molecule has 9 nitrogen and oxygen atoms in total. The molecule has 5 rings (SSSR count). The van der Waals surface area contributed by atoms with Crippen LogP contribution < -0.4 is 25.0 Å². The number of amides is 5. The van der Waals surface area contributed by atoms with Crippen LogP contribution in [0.5, 0.6) is 11.5 Å². The number of rotatable bonds is 9. The first-order valence-corrected chi connectivity index (χ1v) is 15.4. The van der Waals surface area contributed by atoms with E-state index in [1.54, 1.807) is 54.6 Å². The lowest BCUT2D eigenvalue weighted by atomic mass is 10.1. The number of aryl methyl sites for hydroxylation is 1. The van der Waals surface area contributed by atoms with Crippen molar-refractivity contribution in [1.29, 1.82) is 0 Å². The summed E-state index contributed by atoms with van der Waals surface area (Å²) in [4.78, 5) is 52.7. The highest BCUT2D eigenvalue weighted by atomic mass is 79.9. The van der Waals surface area contributed by atoms with Gasteiger partial charge in [0.1, 0.15) is 23.7 Å². The van der Waals surface area contributed by atoms with Crippen molar-refractivity contribution in [3.8, 4) is 11.5 Å². The first-order chi connectivity index (χ1) is 21.6. The van der Waals surface area contributed by atoms with Crippen LogP contribution in [0.25, 0.3) is 6.08 Å². The van der Waals surface area contributed by atoms with Crippen molar-refractivity contribution in [2.45, 2.75) is 13.5 Å². The number of hydrogen-bond donors (Lipinski definition) is 2. The standard InChI is InChI=1S/C33H24Br2ClN3O6/c1-19-7-8-23(16-28(19)36)37-29(40)18-45-30-21(13-22(34)15-27(30)35)14-26-31(41)38-33(43)39(32(26)42)24-9-11-25(12-10-24)44-17-20-5-3-2-4-6-20/h2-16H,17-18H2,1H3,(H,37,40)(H,38,41,43)/b26-14-. The number of nitrogens with zero attached hydrogens (tertiary/aromatic N) is 1. The summed E-state index contributed by atoms with van der Waals surface area (Å²) in [6.07, 6.45) is 1.30. The monoisotopic (exact) mass is 751 g/mol. The van der Waals surface area contributed by atoms with Gasteiger partial charge in [-0.1, -0.05) is 63.9 Å². The maximum absolute atomic E-state index is 13.6. The van der Waals surface area contributed by atoms with Gasteiger partial charge in [-0.15, -0.1) is 0 Å². The summed E-state index contributed by atoms with van der Waals surface area (Å²) in [5.41, 5.74) is 2.59. The number of barbiturate groups is 1. The number of ether oxygens (including phenoxy) is 2. The van der Waals surface area contributed by atoms with Gasteiger partial charge in [0.05, 0.1) is 10.2 Å². The number of carbonyl (C=O) groups excluding carboxylic acids is 4. The molecule has 0 atom stereocenters. The highest BCUT2D eigenvalue weighted by molar-refractivity contribution is 9.11. The van der Waals surface area contributed by atoms with Crippen molar-refractivity contribution >= 4 is 84.7 Å². The van der Waals surface area contributed by atoms with Crippen LogP contribution in [0.15, 0.2) is 99.4 Å². The lowest BCUT2D eigenvalue weighted by Crippen LogP contribution is -2.54. The summed E-state index contributed by atoms with van der Waals surface area (Å²) in [5, 5.41) is 5.44. The number of hydrogen-bond acceptors (Lipinski definition) is 6. The molecule has 2 N–H and O–H groups in total. The smallest absolute Gasteiger partial charge is 0.335 e. The van der Waals surface area contributed by atoms with Crippen LogP contribution in [0.3, 0.4) is 0 Å². The molecule has 1 fully saturated rings. The summed E-state index contributed by atoms with van der Waals surface area (Å²) in [7, 11) is 0. The van der Waals surface area contributed by atoms with Gasteiger partial charge in [-0.25, -0.2) is 9.69 Å². The normalized spacial score (nSPS) is 13.9. The van der Waals surface area contributed by atoms with Crippen molar-refractivity contribution in [2.24, 2.45) is 0 Å². The number of imide groups is 2. The maximum atomic E-state index is 13.6. The fraction of sp³-hybridized carbons (Fsp3) is 0.0909. The van der Waals surface area contributed by atoms with Gasteiger partial charge in [-0.05, 0) is 88.6 Å². The molecule has 0 saturated carbocycles. The van der Waals surface area contributed by atoms with Crippen LogP contribution in [-0.4, -0.2) is 30.4 Å². The van der Waals surface area contributed by atoms with Gasteiger partial charge in [0.25, 0.3) is 17.7 Å². The molecule has 0 bridgehead atoms. The minimum atomic E-state index is -0.889. The topological polar surface area (TPSA) is 114 Å². The van der Waals surface area contributed by atoms with Gasteiger partial charge in [0.2, 0.25) is 0 Å². The molecular formula is C33H24Br2ClN3O6. The van der Waals surface area contributed by atoms with E-state index < -0.39 is 23.8 Å². The SMILES string of the molecule is Cc1ccc(NC(=O)COc2c(Br)cc(Br)cc2/C=C2/C(=O)NC(=O)N(c3ccc(OCc4ccccc4)cc3)C2=O)cc1Cl. The average Bonchev–Trinajstić information content (AvgIpc) is 3.00. The minimum Gasteiger partial charge on any atom is -0.489 e. The fourth-order valence-electron chi connectivity index (χ4n) is 4.32. The number of urea groups is 1. The zero-order valence-corrected chi connectivity index (χ0v) is 27.5. The molecule has 12 heteroatoms. The Labute approximate surface area is 280 Å². The Morgan fingerprint density at radius 2 is 1.69 bits per heavy atom. The summed E-state index contributed by atoms with van der Waals surface area (Å²) in [6.45, 7) is 1.81. The van der Waals surface area contributed by atoms with Gasteiger partial charge >= 0.3 is 6.03 Å². The molecule has 0 aliphatic carbocycles. The molecule has 5 amide bonds. The number of anilines is 2. The zero-order chi connectivity index (χ0) is 32.1. The third kappa shape index (κ3) is 7.80. The maximum Gasteiger partial charge on any atom is 0.335 e. The Kier molecular flexibility index (Phi) is 10.0. The largest absolute Gasteiger partial charge is 0.489 e. The molecule has 4 aromatic carbocycles. The van der Waals surface area contributed by atoms with Gasteiger partial charge < -0.3 is 14.8 Å². The second kappa shape index (κ2) is 14.1. The fourth-order valence-corrected chi connectivity index (χ4v) is 5.88. The third-order valence-corrected chi connectivity index (χ3v) is 8.04. The van der Waals surface area contributed by atoms with E-state index in [4.69, 9.17) is 21.1 Å². The quantitative estimate of drug-likeness (QED) is 0.136. The first kappa shape index (κ1) is 32.0. The van der Waals surface area contributed by atoms with Crippen LogP contribution in [0.2, 0.25) is 5.02 Å². The predicted molar refractivity (Wildman–Crippen MR) is 178 cm³/mol. The zero-order valence-electron chi connectivity index (χ0n) is 23.6. The molecule has 0 unspecified atom stereocenters. The predicted octanol–water partition coefficient (Wildman–Crippen LogP) is 7.44. The van der Waals surface area contributed by atoms with Crippen LogP contribution in [0.4, 0.5) is 16.2 Å². The summed E-state index contributed by atoms with van der Waals surface area (Å²) >= 11 is 13.0. The molecule has 0 spiro atoms. The van der Waals surface area contributed by atoms with Gasteiger partial charge in [0, 0.05) is 20.7 Å². The van der Waals surface area contributed by atoms with E-state index in [0.29, 0.717) is 37.6 Å². The van der Waals surface area contributed by atoms with Crippen LogP contribution in [0.1, 0.15) is 16.7 Å². The summed E-state index contributed by atoms with van der Waals surface area (Å²) in [5.74, 6) is -1.43. The molecular weight excluding hydrogens is 730 g/mol. The first-order valence-electron chi connectivity index (χ1n) is 13.4. The third-order valence-electron chi connectivity index (χ3n) is 6.59. The molecule has 0 aromatic heterocycles. The number of nitrogens with one attached hydrogen (secondary N) is 2. The van der Waals surface area contributed by atoms with Gasteiger partial charge in [-0.3, -0.25) is 19.7 Å². The molecule has 1 aliphatic rings. The van der Waals surface area contributed by atoms with Crippen LogP contribution in [-0.2, 0) is 21.0 Å². The Morgan fingerprint density at radius 1 is 0.956 bits per heavy atom. The van der Waals surface area contributed by atoms with E-state index in [9.17, 15) is 19.2 Å². The van der Waals surface area contributed by atoms with Crippen molar-refractivity contribution in [3.63, 3.8) is 0 Å². The van der Waals surface area contributed by atoms with E-state index in [-0.39, 0.29) is 23.6 Å². The number of benzene rings is 4. The van der Waals surface area contributed by atoms with Crippen molar-refractivity contribution < 1.29 is 28.7 Å². The average molecular weight is 754 g/mol. The number of halogens is 3. The molecule has 228 valence electrons. The van der Waals surface area contributed by atoms with Gasteiger partial charge in [-0.2, -0.15) is 0 Å². The van der Waals surface area contributed by atoms with E-state index in [2.05, 4.69) is 42.5 Å². The highest BCUT2D eigenvalue weighted by Gasteiger charge is 2.37. The minimum absolute atomic E-state index is 0.201. The highest BCUT2D eigenvalue weighted by Crippen LogP contribution is 2.35. The van der Waals surface area contributed by atoms with E-state index in [0.717, 1.165) is 16.0 Å². The Hall–Kier alpha value is -4.45. The lowest BCUT2D eigenvalue weighted by molar-refractivity contribution is -0.122. The van der Waals surface area contributed by atoms with Crippen molar-refractivity contribution in [1.82, 2.24) is 5.32 Å². The molecule has 1 saturated heterocycles. The molecule has 1 aliphatic heterocycles. The van der Waals surface area contributed by atoms with Crippen molar-refractivity contribution in [3.05, 3.63) is 121 Å². The summed E-state index contributed by atoms with van der Waals surface area (Å²) in [6, 6.07) is 23.5. The molecule has 0 radical (unpaired) electrons. The molecule has 1 heterocycles. The Morgan fingerprint density at radius 3 is 2.40 bits per heavy atom. The Bertz CT molecular complexity index is 1830. The molecule has 4 aromatic rings. The van der Waals surface area contributed by atoms with E-state index in [1.165, 1.54) is 6.08 Å².